The van der Waals surface area contributed by atoms with Crippen LogP contribution in [0, 0.1) is 0 Å². The Morgan fingerprint density at radius 2 is 1.95 bits per heavy atom. The second-order valence-corrected chi connectivity index (χ2v) is 5.97. The fourth-order valence-electron chi connectivity index (χ4n) is 1.75. The molecule has 0 spiro atoms. The maximum Gasteiger partial charge on any atom is 0.261 e. The highest BCUT2D eigenvalue weighted by Crippen LogP contribution is 2.16. The third-order valence-corrected chi connectivity index (χ3v) is 4.39. The minimum absolute atomic E-state index is 0.0341. The molecule has 0 radical (unpaired) electrons. The lowest BCUT2D eigenvalue weighted by molar-refractivity contribution is 0.0955. The van der Waals surface area contributed by atoms with Crippen LogP contribution in [0.15, 0.2) is 36.4 Å². The Kier molecular flexibility index (Phi) is 4.87. The van der Waals surface area contributed by atoms with Gasteiger partial charge in [0.25, 0.3) is 5.91 Å². The number of rotatable bonds is 5. The first kappa shape index (κ1) is 14.7. The van der Waals surface area contributed by atoms with Crippen molar-refractivity contribution in [2.45, 2.75) is 19.9 Å². The highest BCUT2D eigenvalue weighted by molar-refractivity contribution is 7.80. The zero-order chi connectivity index (χ0) is 14.5. The molecular formula is C15H16N2OS2. The molecule has 0 saturated carbocycles. The maximum atomic E-state index is 12.0. The van der Waals surface area contributed by atoms with Gasteiger partial charge in [0.2, 0.25) is 0 Å². The summed E-state index contributed by atoms with van der Waals surface area (Å²) in [6, 6.07) is 11.4. The number of carbonyl (C=O) groups excluding carboxylic acids is 1. The number of carbonyl (C=O) groups is 1. The summed E-state index contributed by atoms with van der Waals surface area (Å²) in [7, 11) is 0. The van der Waals surface area contributed by atoms with Crippen LogP contribution < -0.4 is 11.1 Å². The molecule has 1 amide bonds. The molecule has 0 unspecified atom stereocenters. The highest BCUT2D eigenvalue weighted by atomic mass is 32.1. The van der Waals surface area contributed by atoms with Crippen molar-refractivity contribution in [3.05, 3.63) is 57.3 Å². The molecule has 1 aromatic carbocycles. The van der Waals surface area contributed by atoms with Gasteiger partial charge >= 0.3 is 0 Å². The van der Waals surface area contributed by atoms with E-state index in [1.54, 1.807) is 0 Å². The lowest BCUT2D eigenvalue weighted by Crippen LogP contribution is -2.21. The van der Waals surface area contributed by atoms with Crippen molar-refractivity contribution < 1.29 is 4.79 Å². The Morgan fingerprint density at radius 1 is 1.25 bits per heavy atom. The van der Waals surface area contributed by atoms with E-state index in [9.17, 15) is 4.79 Å². The Labute approximate surface area is 127 Å². The van der Waals surface area contributed by atoms with Gasteiger partial charge in [-0.25, -0.2) is 0 Å². The molecule has 1 heterocycles. The predicted octanol–water partition coefficient (Wildman–Crippen LogP) is 2.87. The van der Waals surface area contributed by atoms with Crippen molar-refractivity contribution in [3.8, 4) is 0 Å². The van der Waals surface area contributed by atoms with E-state index < -0.39 is 0 Å². The summed E-state index contributed by atoms with van der Waals surface area (Å²) in [6.45, 7) is 2.58. The zero-order valence-corrected chi connectivity index (χ0v) is 12.8. The van der Waals surface area contributed by atoms with Gasteiger partial charge in [-0.15, -0.1) is 11.3 Å². The molecule has 1 aromatic heterocycles. The Morgan fingerprint density at radius 3 is 2.50 bits per heavy atom. The lowest BCUT2D eigenvalue weighted by Gasteiger charge is -2.05. The number of nitrogens with one attached hydrogen (secondary N) is 1. The molecule has 3 nitrogen and oxygen atoms in total. The van der Waals surface area contributed by atoms with Crippen LogP contribution in [-0.4, -0.2) is 10.9 Å². The molecule has 0 saturated heterocycles. The smallest absolute Gasteiger partial charge is 0.261 e. The normalized spacial score (nSPS) is 10.2. The van der Waals surface area contributed by atoms with Crippen LogP contribution in [0.4, 0.5) is 0 Å². The van der Waals surface area contributed by atoms with Crippen molar-refractivity contribution in [1.29, 1.82) is 0 Å². The van der Waals surface area contributed by atoms with E-state index in [2.05, 4.69) is 12.2 Å². The largest absolute Gasteiger partial charge is 0.389 e. The van der Waals surface area contributed by atoms with Crippen molar-refractivity contribution in [2.75, 3.05) is 0 Å². The average molecular weight is 304 g/mol. The summed E-state index contributed by atoms with van der Waals surface area (Å²) >= 11 is 6.44. The number of hydrogen-bond donors (Lipinski definition) is 2. The van der Waals surface area contributed by atoms with E-state index in [-0.39, 0.29) is 5.91 Å². The number of aryl methyl sites for hydroxylation is 1. The molecule has 2 rings (SSSR count). The average Bonchev–Trinajstić information content (AvgIpc) is 2.94. The molecule has 0 bridgehead atoms. The molecular weight excluding hydrogens is 288 g/mol. The fraction of sp³-hybridized carbons (Fsp3) is 0.200. The summed E-state index contributed by atoms with van der Waals surface area (Å²) in [5, 5.41) is 2.91. The molecule has 0 aliphatic carbocycles. The minimum Gasteiger partial charge on any atom is -0.389 e. The van der Waals surface area contributed by atoms with Crippen LogP contribution in [0.3, 0.4) is 0 Å². The van der Waals surface area contributed by atoms with Gasteiger partial charge in [-0.1, -0.05) is 43.4 Å². The molecule has 5 heteroatoms. The summed E-state index contributed by atoms with van der Waals surface area (Å²) < 4.78 is 0. The molecule has 104 valence electrons. The first-order valence-electron chi connectivity index (χ1n) is 6.35. The Balaban J connectivity index is 1.94. The molecule has 2 aromatic rings. The van der Waals surface area contributed by atoms with Crippen LogP contribution in [0.25, 0.3) is 0 Å². The van der Waals surface area contributed by atoms with Crippen molar-refractivity contribution >= 4 is 34.5 Å². The van der Waals surface area contributed by atoms with Gasteiger partial charge in [0, 0.05) is 17.0 Å². The first-order valence-corrected chi connectivity index (χ1v) is 7.58. The van der Waals surface area contributed by atoms with Crippen LogP contribution in [0.2, 0.25) is 0 Å². The van der Waals surface area contributed by atoms with E-state index >= 15 is 0 Å². The van der Waals surface area contributed by atoms with Gasteiger partial charge in [-0.2, -0.15) is 0 Å². The predicted molar refractivity (Wildman–Crippen MR) is 87.2 cm³/mol. The van der Waals surface area contributed by atoms with Gasteiger partial charge in [0.1, 0.15) is 4.99 Å². The van der Waals surface area contributed by atoms with Gasteiger partial charge in [0.15, 0.2) is 0 Å². The van der Waals surface area contributed by atoms with E-state index in [1.165, 1.54) is 16.2 Å². The van der Waals surface area contributed by atoms with Gasteiger partial charge in [0.05, 0.1) is 4.88 Å². The number of nitrogens with two attached hydrogens (primary N) is 1. The highest BCUT2D eigenvalue weighted by Gasteiger charge is 2.08. The van der Waals surface area contributed by atoms with Gasteiger partial charge in [-0.05, 0) is 24.1 Å². The molecule has 0 aliphatic heterocycles. The quantitative estimate of drug-likeness (QED) is 0.835. The molecule has 20 heavy (non-hydrogen) atoms. The maximum absolute atomic E-state index is 12.0. The van der Waals surface area contributed by atoms with Gasteiger partial charge < -0.3 is 11.1 Å². The summed E-state index contributed by atoms with van der Waals surface area (Å²) in [5.74, 6) is -0.0341. The monoisotopic (exact) mass is 304 g/mol. The molecule has 0 fully saturated rings. The van der Waals surface area contributed by atoms with Crippen LogP contribution in [0.5, 0.6) is 0 Å². The van der Waals surface area contributed by atoms with Gasteiger partial charge in [-0.3, -0.25) is 4.79 Å². The van der Waals surface area contributed by atoms with Crippen molar-refractivity contribution in [1.82, 2.24) is 5.32 Å². The molecule has 0 atom stereocenters. The SMILES string of the molecule is CCc1ccc(C(=O)NCc2ccc(C(N)=S)cc2)s1. The summed E-state index contributed by atoms with van der Waals surface area (Å²) in [4.78, 5) is 14.3. The number of amides is 1. The molecule has 0 aliphatic rings. The minimum atomic E-state index is -0.0341. The van der Waals surface area contributed by atoms with Crippen molar-refractivity contribution in [3.63, 3.8) is 0 Å². The standard InChI is InChI=1S/C15H16N2OS2/c1-2-12-7-8-13(20-12)15(18)17-9-10-3-5-11(6-4-10)14(16)19/h3-8H,2,9H2,1H3,(H2,16,19)(H,17,18). The zero-order valence-electron chi connectivity index (χ0n) is 11.2. The van der Waals surface area contributed by atoms with E-state index in [1.807, 2.05) is 36.4 Å². The van der Waals surface area contributed by atoms with Crippen LogP contribution in [-0.2, 0) is 13.0 Å². The second kappa shape index (κ2) is 6.63. The van der Waals surface area contributed by atoms with E-state index in [4.69, 9.17) is 18.0 Å². The third kappa shape index (κ3) is 3.65. The van der Waals surface area contributed by atoms with E-state index in [0.717, 1.165) is 22.4 Å². The summed E-state index contributed by atoms with van der Waals surface area (Å²) in [6.07, 6.45) is 0.957. The van der Waals surface area contributed by atoms with Crippen LogP contribution in [0.1, 0.15) is 32.6 Å². The second-order valence-electron chi connectivity index (χ2n) is 4.36. The number of hydrogen-bond acceptors (Lipinski definition) is 3. The van der Waals surface area contributed by atoms with E-state index in [0.29, 0.717) is 11.5 Å². The number of thiophene rings is 1. The summed E-state index contributed by atoms with van der Waals surface area (Å²) in [5.41, 5.74) is 7.39. The van der Waals surface area contributed by atoms with Crippen molar-refractivity contribution in [2.24, 2.45) is 5.73 Å². The number of thiocarbonyl (C=S) groups is 1. The Bertz CT molecular complexity index is 617. The molecule has 3 N–H and O–H groups in total. The first-order chi connectivity index (χ1) is 9.60. The lowest BCUT2D eigenvalue weighted by atomic mass is 10.1. The van der Waals surface area contributed by atoms with Crippen LogP contribution >= 0.6 is 23.6 Å². The Hall–Kier alpha value is -1.72. The third-order valence-electron chi connectivity index (χ3n) is 2.93. The number of benzene rings is 1. The topological polar surface area (TPSA) is 55.1 Å². The fourth-order valence-corrected chi connectivity index (χ4v) is 2.75.